The molecular weight excluding hydrogens is 322 g/mol. The molecule has 0 amide bonds. The topological polar surface area (TPSA) is 35.1 Å². The highest BCUT2D eigenvalue weighted by atomic mass is 16.5. The molecule has 0 unspecified atom stereocenters. The smallest absolute Gasteiger partial charge is 0.0785 e. The molecule has 26 heavy (non-hydrogen) atoms. The van der Waals surface area contributed by atoms with Crippen LogP contribution in [0.15, 0.2) is 30.3 Å². The van der Waals surface area contributed by atoms with Crippen LogP contribution in [0.4, 0.5) is 0 Å². The van der Waals surface area contributed by atoms with Crippen molar-refractivity contribution in [2.24, 2.45) is 5.92 Å². The van der Waals surface area contributed by atoms with Gasteiger partial charge >= 0.3 is 0 Å². The summed E-state index contributed by atoms with van der Waals surface area (Å²) in [5, 5.41) is 2.55. The van der Waals surface area contributed by atoms with Crippen molar-refractivity contribution in [2.75, 3.05) is 26.3 Å². The Balaban J connectivity index is 1.59. The minimum atomic E-state index is -0.0289. The van der Waals surface area contributed by atoms with Crippen molar-refractivity contribution in [1.29, 1.82) is 0 Å². The molecule has 146 valence electrons. The first kappa shape index (κ1) is 19.9. The van der Waals surface area contributed by atoms with Crippen molar-refractivity contribution in [2.45, 2.75) is 76.4 Å². The van der Waals surface area contributed by atoms with Gasteiger partial charge in [-0.3, -0.25) is 0 Å². The predicted molar refractivity (Wildman–Crippen MR) is 106 cm³/mol. The number of benzene rings is 1. The van der Waals surface area contributed by atoms with Gasteiger partial charge in [0.15, 0.2) is 0 Å². The summed E-state index contributed by atoms with van der Waals surface area (Å²) < 4.78 is 11.9. The molecule has 0 bridgehead atoms. The fraction of sp³-hybridized carbons (Fsp3) is 0.739. The van der Waals surface area contributed by atoms with Gasteiger partial charge in [0.05, 0.1) is 24.3 Å². The maximum absolute atomic E-state index is 6.04. The lowest BCUT2D eigenvalue weighted by molar-refractivity contribution is -0.662. The van der Waals surface area contributed by atoms with E-state index in [9.17, 15) is 0 Å². The molecule has 0 spiro atoms. The van der Waals surface area contributed by atoms with E-state index in [0.717, 1.165) is 32.0 Å². The van der Waals surface area contributed by atoms with Gasteiger partial charge in [-0.25, -0.2) is 0 Å². The van der Waals surface area contributed by atoms with Crippen molar-refractivity contribution in [3.8, 4) is 0 Å². The number of hydrogen-bond acceptors (Lipinski definition) is 2. The summed E-state index contributed by atoms with van der Waals surface area (Å²) in [6.07, 6.45) is 5.88. The highest BCUT2D eigenvalue weighted by molar-refractivity contribution is 5.27. The molecule has 3 nitrogen and oxygen atoms in total. The first-order valence-corrected chi connectivity index (χ1v) is 10.5. The van der Waals surface area contributed by atoms with E-state index in [4.69, 9.17) is 9.47 Å². The standard InChI is InChI=1S/C23H37NO2/c1-21(2)16-19(10-14-25-21)17-24-13-11-23(20-8-6-5-7-9-20)12-15-26-22(3,4)18-23/h5-9,19,24H,10-18H2,1-4H3/p+1/t19-,23+/m0/s1. The Bertz CT molecular complexity index is 569. The van der Waals surface area contributed by atoms with Crippen molar-refractivity contribution in [1.82, 2.24) is 0 Å². The number of quaternary nitrogens is 1. The van der Waals surface area contributed by atoms with Crippen molar-refractivity contribution in [3.05, 3.63) is 35.9 Å². The number of ether oxygens (including phenoxy) is 2. The average molecular weight is 361 g/mol. The van der Waals surface area contributed by atoms with E-state index < -0.39 is 0 Å². The number of hydrogen-bond donors (Lipinski definition) is 1. The lowest BCUT2D eigenvalue weighted by atomic mass is 9.67. The normalized spacial score (nSPS) is 30.8. The Kier molecular flexibility index (Phi) is 6.11. The van der Waals surface area contributed by atoms with Gasteiger partial charge in [0.2, 0.25) is 0 Å². The Hall–Kier alpha value is -0.900. The molecule has 2 N–H and O–H groups in total. The van der Waals surface area contributed by atoms with Crippen LogP contribution in [0.3, 0.4) is 0 Å². The second-order valence-electron chi connectivity index (χ2n) is 9.71. The first-order chi connectivity index (χ1) is 12.3. The first-order valence-electron chi connectivity index (χ1n) is 10.5. The molecule has 0 saturated carbocycles. The summed E-state index contributed by atoms with van der Waals surface area (Å²) in [6, 6.07) is 11.1. The third kappa shape index (κ3) is 5.09. The molecule has 2 heterocycles. The zero-order chi connectivity index (χ0) is 18.7. The maximum Gasteiger partial charge on any atom is 0.0785 e. The number of nitrogens with two attached hydrogens (primary N) is 1. The van der Waals surface area contributed by atoms with E-state index in [1.807, 2.05) is 0 Å². The molecular formula is C23H38NO2+. The van der Waals surface area contributed by atoms with Crippen LogP contribution in [0, 0.1) is 5.92 Å². The van der Waals surface area contributed by atoms with E-state index in [1.165, 1.54) is 37.9 Å². The van der Waals surface area contributed by atoms with Gasteiger partial charge in [0.25, 0.3) is 0 Å². The van der Waals surface area contributed by atoms with E-state index in [1.54, 1.807) is 0 Å². The van der Waals surface area contributed by atoms with Crippen LogP contribution < -0.4 is 5.32 Å². The summed E-state index contributed by atoms with van der Waals surface area (Å²) in [5.74, 6) is 0.789. The zero-order valence-corrected chi connectivity index (χ0v) is 17.2. The molecule has 2 saturated heterocycles. The summed E-state index contributed by atoms with van der Waals surface area (Å²) in [7, 11) is 0. The zero-order valence-electron chi connectivity index (χ0n) is 17.2. The molecule has 3 rings (SSSR count). The van der Waals surface area contributed by atoms with Crippen LogP contribution in [-0.4, -0.2) is 37.5 Å². The van der Waals surface area contributed by atoms with Crippen molar-refractivity contribution < 1.29 is 14.8 Å². The van der Waals surface area contributed by atoms with Crippen LogP contribution in [0.1, 0.15) is 65.4 Å². The lowest BCUT2D eigenvalue weighted by Gasteiger charge is -2.45. The van der Waals surface area contributed by atoms with Gasteiger partial charge in [-0.15, -0.1) is 0 Å². The third-order valence-electron chi connectivity index (χ3n) is 6.35. The quantitative estimate of drug-likeness (QED) is 0.786. The van der Waals surface area contributed by atoms with Crippen LogP contribution >= 0.6 is 0 Å². The second-order valence-corrected chi connectivity index (χ2v) is 9.71. The van der Waals surface area contributed by atoms with Gasteiger partial charge in [0.1, 0.15) is 0 Å². The molecule has 2 aliphatic heterocycles. The van der Waals surface area contributed by atoms with Gasteiger partial charge in [0, 0.05) is 31.0 Å². The minimum absolute atomic E-state index is 0.0289. The Morgan fingerprint density at radius 1 is 1.00 bits per heavy atom. The number of rotatable bonds is 6. The average Bonchev–Trinajstić information content (AvgIpc) is 2.58. The molecule has 1 aromatic rings. The van der Waals surface area contributed by atoms with Crippen LogP contribution in [0.5, 0.6) is 0 Å². The largest absolute Gasteiger partial charge is 0.376 e. The summed E-state index contributed by atoms with van der Waals surface area (Å²) in [4.78, 5) is 0. The molecule has 2 fully saturated rings. The molecule has 2 atom stereocenters. The predicted octanol–water partition coefficient (Wildman–Crippen LogP) is 3.67. The van der Waals surface area contributed by atoms with Crippen LogP contribution in [0.25, 0.3) is 0 Å². The summed E-state index contributed by atoms with van der Waals surface area (Å²) in [5.41, 5.74) is 1.79. The lowest BCUT2D eigenvalue weighted by Crippen LogP contribution is -2.86. The van der Waals surface area contributed by atoms with Crippen molar-refractivity contribution in [3.63, 3.8) is 0 Å². The van der Waals surface area contributed by atoms with E-state index in [2.05, 4.69) is 63.3 Å². The highest BCUT2D eigenvalue weighted by Gasteiger charge is 2.42. The Labute approximate surface area is 159 Å². The van der Waals surface area contributed by atoms with E-state index in [-0.39, 0.29) is 16.6 Å². The molecule has 3 heteroatoms. The van der Waals surface area contributed by atoms with E-state index in [0.29, 0.717) is 0 Å². The Morgan fingerprint density at radius 3 is 2.42 bits per heavy atom. The molecule has 0 aromatic heterocycles. The van der Waals surface area contributed by atoms with Gasteiger partial charge in [-0.05, 0) is 58.9 Å². The Morgan fingerprint density at radius 2 is 1.73 bits per heavy atom. The second kappa shape index (κ2) is 8.00. The fourth-order valence-corrected chi connectivity index (χ4v) is 5.16. The minimum Gasteiger partial charge on any atom is -0.376 e. The monoisotopic (exact) mass is 360 g/mol. The van der Waals surface area contributed by atoms with Crippen LogP contribution in [0.2, 0.25) is 0 Å². The summed E-state index contributed by atoms with van der Waals surface area (Å²) in [6.45, 7) is 13.2. The van der Waals surface area contributed by atoms with Crippen molar-refractivity contribution >= 4 is 0 Å². The molecule has 0 aliphatic carbocycles. The molecule has 0 radical (unpaired) electrons. The van der Waals surface area contributed by atoms with Crippen LogP contribution in [-0.2, 0) is 14.9 Å². The van der Waals surface area contributed by atoms with Gasteiger partial charge < -0.3 is 14.8 Å². The third-order valence-corrected chi connectivity index (χ3v) is 6.35. The molecule has 2 aliphatic rings. The molecule has 1 aromatic carbocycles. The summed E-state index contributed by atoms with van der Waals surface area (Å²) >= 11 is 0. The maximum atomic E-state index is 6.04. The SMILES string of the molecule is CC1(C)C[C@@H](C[NH2+]CC[C@@]2(c3ccccc3)CCOC(C)(C)C2)CCO1. The van der Waals surface area contributed by atoms with Gasteiger partial charge in [-0.1, -0.05) is 30.3 Å². The highest BCUT2D eigenvalue weighted by Crippen LogP contribution is 2.43. The van der Waals surface area contributed by atoms with E-state index >= 15 is 0 Å². The van der Waals surface area contributed by atoms with Gasteiger partial charge in [-0.2, -0.15) is 0 Å². The fourth-order valence-electron chi connectivity index (χ4n) is 5.16.